The van der Waals surface area contributed by atoms with Crippen LogP contribution in [0.2, 0.25) is 0 Å². The van der Waals surface area contributed by atoms with Crippen molar-refractivity contribution in [3.05, 3.63) is 158 Å². The summed E-state index contributed by atoms with van der Waals surface area (Å²) in [6.45, 7) is 6.35. The molecule has 0 N–H and O–H groups in total. The largest absolute Gasteiger partial charge is 0.462 e. The third-order valence-electron chi connectivity index (χ3n) is 12.8. The first-order valence-corrected chi connectivity index (χ1v) is 31.5. The zero-order chi connectivity index (χ0) is 56.4. The van der Waals surface area contributed by atoms with E-state index < -0.39 is 6.10 Å². The summed E-state index contributed by atoms with van der Waals surface area (Å²) in [6.07, 6.45) is 93.9. The number of carbonyl (C=O) groups is 3. The molecule has 0 saturated heterocycles. The van der Waals surface area contributed by atoms with Crippen LogP contribution in [0.25, 0.3) is 0 Å². The van der Waals surface area contributed by atoms with E-state index in [4.69, 9.17) is 14.2 Å². The minimum atomic E-state index is -0.812. The normalized spacial score (nSPS) is 13.2. The van der Waals surface area contributed by atoms with Gasteiger partial charge in [-0.1, -0.05) is 269 Å². The highest BCUT2D eigenvalue weighted by Crippen LogP contribution is 2.14. The Kier molecular flexibility index (Phi) is 60.4. The quantitative estimate of drug-likeness (QED) is 0.0261. The van der Waals surface area contributed by atoms with E-state index in [0.29, 0.717) is 19.3 Å². The van der Waals surface area contributed by atoms with Crippen molar-refractivity contribution in [3.63, 3.8) is 0 Å². The van der Waals surface area contributed by atoms with Crippen molar-refractivity contribution < 1.29 is 28.6 Å². The fourth-order valence-electron chi connectivity index (χ4n) is 8.13. The Hall–Kier alpha value is -4.97. The van der Waals surface area contributed by atoms with Crippen molar-refractivity contribution in [2.75, 3.05) is 13.2 Å². The lowest BCUT2D eigenvalue weighted by Gasteiger charge is -2.18. The zero-order valence-electron chi connectivity index (χ0n) is 50.1. The molecule has 0 saturated carbocycles. The number of rotatable bonds is 55. The Balaban J connectivity index is 4.38. The van der Waals surface area contributed by atoms with Gasteiger partial charge in [0.25, 0.3) is 0 Å². The molecule has 1 atom stereocenters. The molecule has 0 aromatic rings. The summed E-state index contributed by atoms with van der Waals surface area (Å²) >= 11 is 0. The Morgan fingerprint density at radius 1 is 0.269 bits per heavy atom. The maximum Gasteiger partial charge on any atom is 0.306 e. The van der Waals surface area contributed by atoms with Crippen LogP contribution in [-0.2, 0) is 28.6 Å². The van der Waals surface area contributed by atoms with E-state index in [2.05, 4.69) is 179 Å². The Bertz CT molecular complexity index is 1760. The Morgan fingerprint density at radius 3 is 0.808 bits per heavy atom. The molecular formula is C72H114O6. The highest BCUT2D eigenvalue weighted by atomic mass is 16.6. The molecule has 0 aromatic heterocycles. The van der Waals surface area contributed by atoms with Crippen LogP contribution in [0.4, 0.5) is 0 Å². The van der Waals surface area contributed by atoms with Crippen molar-refractivity contribution >= 4 is 17.9 Å². The van der Waals surface area contributed by atoms with Gasteiger partial charge in [-0.2, -0.15) is 0 Å². The predicted molar refractivity (Wildman–Crippen MR) is 338 cm³/mol. The molecule has 0 rings (SSSR count). The van der Waals surface area contributed by atoms with Gasteiger partial charge in [0.1, 0.15) is 13.2 Å². The first-order chi connectivity index (χ1) is 38.5. The fraction of sp³-hybridized carbons (Fsp3) is 0.597. The van der Waals surface area contributed by atoms with Crippen molar-refractivity contribution in [3.8, 4) is 0 Å². The van der Waals surface area contributed by atoms with E-state index in [1.165, 1.54) is 70.6 Å². The van der Waals surface area contributed by atoms with Crippen LogP contribution in [0.15, 0.2) is 158 Å². The van der Waals surface area contributed by atoms with Gasteiger partial charge < -0.3 is 14.2 Å². The molecule has 0 aliphatic carbocycles. The van der Waals surface area contributed by atoms with E-state index >= 15 is 0 Å². The monoisotopic (exact) mass is 1070 g/mol. The average molecular weight is 1080 g/mol. The van der Waals surface area contributed by atoms with E-state index in [9.17, 15) is 14.4 Å². The molecule has 0 amide bonds. The molecule has 0 spiro atoms. The van der Waals surface area contributed by atoms with E-state index in [0.717, 1.165) is 141 Å². The first-order valence-electron chi connectivity index (χ1n) is 31.5. The summed E-state index contributed by atoms with van der Waals surface area (Å²) in [7, 11) is 0. The second-order valence-electron chi connectivity index (χ2n) is 20.2. The summed E-state index contributed by atoms with van der Waals surface area (Å²) in [4.78, 5) is 38.2. The zero-order valence-corrected chi connectivity index (χ0v) is 50.1. The third kappa shape index (κ3) is 61.9. The predicted octanol–water partition coefficient (Wildman–Crippen LogP) is 21.7. The second kappa shape index (κ2) is 64.6. The lowest BCUT2D eigenvalue weighted by atomic mass is 10.1. The smallest absolute Gasteiger partial charge is 0.306 e. The Labute approximate surface area is 480 Å². The van der Waals surface area contributed by atoms with Crippen molar-refractivity contribution in [2.45, 2.75) is 264 Å². The molecule has 1 unspecified atom stereocenters. The number of hydrogen-bond donors (Lipinski definition) is 0. The molecule has 0 fully saturated rings. The van der Waals surface area contributed by atoms with Crippen LogP contribution in [0.5, 0.6) is 0 Å². The number of esters is 3. The Morgan fingerprint density at radius 2 is 0.500 bits per heavy atom. The lowest BCUT2D eigenvalue weighted by Crippen LogP contribution is -2.30. The van der Waals surface area contributed by atoms with Gasteiger partial charge in [-0.3, -0.25) is 14.4 Å². The van der Waals surface area contributed by atoms with E-state index in [1.54, 1.807) is 0 Å². The number of hydrogen-bond acceptors (Lipinski definition) is 6. The molecular weight excluding hydrogens is 961 g/mol. The van der Waals surface area contributed by atoms with Gasteiger partial charge in [0, 0.05) is 19.3 Å². The van der Waals surface area contributed by atoms with Crippen LogP contribution in [-0.4, -0.2) is 37.2 Å². The van der Waals surface area contributed by atoms with Gasteiger partial charge in [-0.15, -0.1) is 0 Å². The molecule has 6 nitrogen and oxygen atoms in total. The van der Waals surface area contributed by atoms with Gasteiger partial charge in [-0.05, 0) is 128 Å². The maximum atomic E-state index is 12.9. The summed E-state index contributed by atoms with van der Waals surface area (Å²) in [5.74, 6) is -0.965. The number of unbranched alkanes of at least 4 members (excludes halogenated alkanes) is 18. The molecule has 0 aliphatic rings. The van der Waals surface area contributed by atoms with Crippen LogP contribution >= 0.6 is 0 Å². The summed E-state index contributed by atoms with van der Waals surface area (Å²) in [5, 5.41) is 0. The summed E-state index contributed by atoms with van der Waals surface area (Å²) in [6, 6.07) is 0. The molecule has 0 bridgehead atoms. The van der Waals surface area contributed by atoms with Crippen LogP contribution in [0, 0.1) is 0 Å². The molecule has 0 radical (unpaired) electrons. The van der Waals surface area contributed by atoms with Gasteiger partial charge in [0.05, 0.1) is 0 Å². The minimum absolute atomic E-state index is 0.104. The van der Waals surface area contributed by atoms with E-state index in [1.807, 2.05) is 0 Å². The van der Waals surface area contributed by atoms with Gasteiger partial charge in [-0.25, -0.2) is 0 Å². The average Bonchev–Trinajstić information content (AvgIpc) is 3.44. The topological polar surface area (TPSA) is 78.9 Å². The molecule has 0 aromatic carbocycles. The van der Waals surface area contributed by atoms with Crippen molar-refractivity contribution in [1.29, 1.82) is 0 Å². The van der Waals surface area contributed by atoms with Crippen LogP contribution < -0.4 is 0 Å². The van der Waals surface area contributed by atoms with Crippen molar-refractivity contribution in [2.24, 2.45) is 0 Å². The maximum absolute atomic E-state index is 12.9. The van der Waals surface area contributed by atoms with Gasteiger partial charge >= 0.3 is 17.9 Å². The van der Waals surface area contributed by atoms with Gasteiger partial charge in [0.2, 0.25) is 0 Å². The second-order valence-corrected chi connectivity index (χ2v) is 20.2. The SMILES string of the molecule is CC/C=C\C/C=C\C/C=C\C/C=C\C/C=C\C/C=C\C/C=C\CCCCCCCCCC(=O)OCC(COC(=O)CCCCCCCCCCCC)OC(=O)CCCC/C=C\C/C=C\C/C=C\C/C=C\C/C=C\C/C=C\CC. The standard InChI is InChI=1S/C72H114O6/c1-4-7-10-13-16-19-22-24-26-28-30-32-33-34-35-36-37-38-39-41-42-44-46-48-50-53-56-59-62-65-71(74)77-68-69(67-76-70(73)64-61-58-55-52-21-18-15-12-9-6-3)78-72(75)66-63-60-57-54-51-49-47-45-43-40-31-29-27-25-23-20-17-14-11-8-5-2/h7-8,10-11,16-17,19-20,24-27,30-32,34-35,37-38,40-42,45,47,51,54,69H,4-6,9,12-15,18,21-23,28-29,33,36,39,43-44,46,48-50,52-53,55-68H2,1-3H3/b10-7-,11-8-,19-16-,20-17-,26-24-,27-25-,32-30-,35-34-,38-37-,40-31-,42-41-,47-45-,54-51-. The van der Waals surface area contributed by atoms with Crippen LogP contribution in [0.1, 0.15) is 258 Å². The third-order valence-corrected chi connectivity index (χ3v) is 12.8. The number of ether oxygens (including phenoxy) is 3. The summed E-state index contributed by atoms with van der Waals surface area (Å²) in [5.41, 5.74) is 0. The number of carbonyl (C=O) groups excluding carboxylic acids is 3. The first kappa shape index (κ1) is 73.0. The van der Waals surface area contributed by atoms with Gasteiger partial charge in [0.15, 0.2) is 6.10 Å². The molecule has 6 heteroatoms. The van der Waals surface area contributed by atoms with Crippen LogP contribution in [0.3, 0.4) is 0 Å². The lowest BCUT2D eigenvalue weighted by molar-refractivity contribution is -0.167. The van der Waals surface area contributed by atoms with E-state index in [-0.39, 0.29) is 37.5 Å². The highest BCUT2D eigenvalue weighted by Gasteiger charge is 2.19. The molecule has 0 aliphatic heterocycles. The highest BCUT2D eigenvalue weighted by molar-refractivity contribution is 5.71. The summed E-state index contributed by atoms with van der Waals surface area (Å²) < 4.78 is 16.8. The molecule has 78 heavy (non-hydrogen) atoms. The molecule has 438 valence electrons. The number of allylic oxidation sites excluding steroid dienone is 26. The molecule has 0 heterocycles. The minimum Gasteiger partial charge on any atom is -0.462 e. The fourth-order valence-corrected chi connectivity index (χ4v) is 8.13. The van der Waals surface area contributed by atoms with Crippen molar-refractivity contribution in [1.82, 2.24) is 0 Å².